The van der Waals surface area contributed by atoms with E-state index in [1.807, 2.05) is 105 Å². The first kappa shape index (κ1) is 28.1. The van der Waals surface area contributed by atoms with E-state index in [2.05, 4.69) is 17.1 Å². The van der Waals surface area contributed by atoms with Gasteiger partial charge in [-0.2, -0.15) is 0 Å². The zero-order valence-electron chi connectivity index (χ0n) is 21.7. The van der Waals surface area contributed by atoms with Crippen LogP contribution in [-0.2, 0) is 16.0 Å². The van der Waals surface area contributed by atoms with E-state index < -0.39 is 0 Å². The van der Waals surface area contributed by atoms with Crippen LogP contribution in [0.3, 0.4) is 0 Å². The van der Waals surface area contributed by atoms with Crippen LogP contribution < -0.4 is 4.74 Å². The third kappa shape index (κ3) is 10.5. The number of carbonyl (C=O) groups excluding carboxylic acids is 1. The van der Waals surface area contributed by atoms with Crippen LogP contribution in [0.2, 0.25) is 0 Å². The number of para-hydroxylation sites is 2. The minimum Gasteiger partial charge on any atom is -0.474 e. The van der Waals surface area contributed by atoms with Gasteiger partial charge in [-0.15, -0.1) is 0 Å². The largest absolute Gasteiger partial charge is 0.474 e. The fraction of sp³-hybridized carbons (Fsp3) is 0.464. The highest BCUT2D eigenvalue weighted by molar-refractivity contribution is 5.74. The van der Waals surface area contributed by atoms with Gasteiger partial charge in [0.1, 0.15) is 11.3 Å². The van der Waals surface area contributed by atoms with Crippen molar-refractivity contribution in [1.82, 2.24) is 9.97 Å². The zero-order chi connectivity index (χ0) is 25.0. The van der Waals surface area contributed by atoms with Crippen molar-refractivity contribution in [3.8, 4) is 5.88 Å². The van der Waals surface area contributed by atoms with Crippen molar-refractivity contribution < 1.29 is 14.3 Å². The number of nitrogens with zero attached hydrogens (tertiary/aromatic N) is 2. The van der Waals surface area contributed by atoms with Gasteiger partial charge >= 0.3 is 5.97 Å². The van der Waals surface area contributed by atoms with Gasteiger partial charge in [0, 0.05) is 6.42 Å². The maximum absolute atomic E-state index is 10.9. The Bertz CT molecular complexity index is 977. The van der Waals surface area contributed by atoms with Gasteiger partial charge in [-0.1, -0.05) is 70.2 Å². The van der Waals surface area contributed by atoms with Gasteiger partial charge in [-0.05, 0) is 52.3 Å². The lowest BCUT2D eigenvalue weighted by Gasteiger charge is -2.20. The molecule has 0 bridgehead atoms. The first-order valence-electron chi connectivity index (χ1n) is 11.7. The Balaban J connectivity index is 0.000000386. The molecule has 5 heteroatoms. The quantitative estimate of drug-likeness (QED) is 0.389. The maximum Gasteiger partial charge on any atom is 0.308 e. The molecule has 33 heavy (non-hydrogen) atoms. The minimum absolute atomic E-state index is 0.0285. The molecule has 0 aliphatic heterocycles. The molecule has 0 unspecified atom stereocenters. The first-order valence-corrected chi connectivity index (χ1v) is 11.7. The molecule has 0 radical (unpaired) electrons. The molecule has 0 fully saturated rings. The van der Waals surface area contributed by atoms with E-state index in [-0.39, 0.29) is 23.6 Å². The molecule has 0 amide bonds. The second kappa shape index (κ2) is 13.6. The van der Waals surface area contributed by atoms with Crippen molar-refractivity contribution in [2.75, 3.05) is 0 Å². The second-order valence-electron chi connectivity index (χ2n) is 8.98. The Morgan fingerprint density at radius 2 is 1.36 bits per heavy atom. The summed E-state index contributed by atoms with van der Waals surface area (Å²) in [5.41, 5.74) is 3.51. The summed E-state index contributed by atoms with van der Waals surface area (Å²) in [6.45, 7) is 17.3. The molecule has 1 aromatic heterocycles. The van der Waals surface area contributed by atoms with E-state index in [0.29, 0.717) is 5.88 Å². The van der Waals surface area contributed by atoms with Gasteiger partial charge in [0.15, 0.2) is 0 Å². The number of hydrogen-bond donors (Lipinski definition) is 0. The second-order valence-corrected chi connectivity index (χ2v) is 8.98. The van der Waals surface area contributed by atoms with E-state index in [4.69, 9.17) is 14.5 Å². The summed E-state index contributed by atoms with van der Waals surface area (Å²) in [5.74, 6) is 0.472. The van der Waals surface area contributed by atoms with Gasteiger partial charge in [0.2, 0.25) is 5.88 Å². The Kier molecular flexibility index (Phi) is 11.5. The standard InChI is InChI=1S/C18H18N2O.C8H16O2.C2H6/c1-13(2)21-18-17(12-14-8-4-3-5-9-14)19-15-10-6-7-11-16(15)20-18;1-6(2)7(9)10-8(3,4)5;1-2/h3-11,13H,12H2,1-2H3;6H,1-5H3;1-2H3. The fourth-order valence-corrected chi connectivity index (χ4v) is 2.66. The molecule has 0 spiro atoms. The summed E-state index contributed by atoms with van der Waals surface area (Å²) in [5, 5.41) is 0. The monoisotopic (exact) mass is 452 g/mol. The zero-order valence-corrected chi connectivity index (χ0v) is 21.7. The number of rotatable bonds is 5. The van der Waals surface area contributed by atoms with E-state index in [9.17, 15) is 4.79 Å². The van der Waals surface area contributed by atoms with Crippen LogP contribution in [0.5, 0.6) is 5.88 Å². The lowest BCUT2D eigenvalue weighted by molar-refractivity contribution is -0.158. The highest BCUT2D eigenvalue weighted by atomic mass is 16.6. The van der Waals surface area contributed by atoms with Crippen LogP contribution in [0.25, 0.3) is 11.0 Å². The number of aromatic nitrogens is 2. The van der Waals surface area contributed by atoms with Crippen LogP contribution in [0.15, 0.2) is 54.6 Å². The predicted molar refractivity (Wildman–Crippen MR) is 137 cm³/mol. The fourth-order valence-electron chi connectivity index (χ4n) is 2.66. The van der Waals surface area contributed by atoms with E-state index >= 15 is 0 Å². The average Bonchev–Trinajstić information content (AvgIpc) is 2.75. The topological polar surface area (TPSA) is 61.3 Å². The van der Waals surface area contributed by atoms with Gasteiger partial charge in [0.25, 0.3) is 0 Å². The van der Waals surface area contributed by atoms with Crippen molar-refractivity contribution >= 4 is 17.0 Å². The van der Waals surface area contributed by atoms with Crippen LogP contribution in [0.1, 0.15) is 73.6 Å². The molecule has 2 aromatic carbocycles. The molecule has 1 heterocycles. The Morgan fingerprint density at radius 3 is 1.82 bits per heavy atom. The van der Waals surface area contributed by atoms with Crippen molar-refractivity contribution in [1.29, 1.82) is 0 Å². The SMILES string of the molecule is CC.CC(C)C(=O)OC(C)(C)C.CC(C)Oc1nc2ccccc2nc1Cc1ccccc1. The van der Waals surface area contributed by atoms with Crippen molar-refractivity contribution in [2.24, 2.45) is 5.92 Å². The lowest BCUT2D eigenvalue weighted by atomic mass is 10.1. The number of esters is 1. The summed E-state index contributed by atoms with van der Waals surface area (Å²) >= 11 is 0. The summed E-state index contributed by atoms with van der Waals surface area (Å²) in [6, 6.07) is 18.2. The molecule has 0 aliphatic carbocycles. The highest BCUT2D eigenvalue weighted by Gasteiger charge is 2.18. The number of hydrogen-bond acceptors (Lipinski definition) is 5. The third-order valence-corrected chi connectivity index (χ3v) is 4.05. The number of carbonyl (C=O) groups is 1. The van der Waals surface area contributed by atoms with Gasteiger partial charge in [-0.25, -0.2) is 9.97 Å². The summed E-state index contributed by atoms with van der Waals surface area (Å²) in [6.07, 6.45) is 0.802. The summed E-state index contributed by atoms with van der Waals surface area (Å²) < 4.78 is 10.9. The molecule has 180 valence electrons. The smallest absolute Gasteiger partial charge is 0.308 e. The van der Waals surface area contributed by atoms with Crippen LogP contribution >= 0.6 is 0 Å². The van der Waals surface area contributed by atoms with Gasteiger partial charge < -0.3 is 9.47 Å². The van der Waals surface area contributed by atoms with Crippen molar-refractivity contribution in [3.05, 3.63) is 65.9 Å². The average molecular weight is 453 g/mol. The Labute approximate surface area is 199 Å². The van der Waals surface area contributed by atoms with Gasteiger partial charge in [0.05, 0.1) is 23.1 Å². The van der Waals surface area contributed by atoms with Gasteiger partial charge in [-0.3, -0.25) is 4.79 Å². The number of benzene rings is 2. The van der Waals surface area contributed by atoms with Crippen molar-refractivity contribution in [3.63, 3.8) is 0 Å². The predicted octanol–water partition coefficient (Wildman–Crippen LogP) is 7.02. The summed E-state index contributed by atoms with van der Waals surface area (Å²) in [7, 11) is 0. The van der Waals surface area contributed by atoms with E-state index in [0.717, 1.165) is 23.1 Å². The third-order valence-electron chi connectivity index (χ3n) is 4.05. The van der Waals surface area contributed by atoms with Crippen LogP contribution in [-0.4, -0.2) is 27.6 Å². The molecule has 0 atom stereocenters. The molecule has 3 rings (SSSR count). The molecule has 0 saturated carbocycles. The molecule has 5 nitrogen and oxygen atoms in total. The van der Waals surface area contributed by atoms with E-state index in [1.165, 1.54) is 5.56 Å². The molecule has 0 N–H and O–H groups in total. The molecule has 0 saturated heterocycles. The summed E-state index contributed by atoms with van der Waals surface area (Å²) in [4.78, 5) is 20.3. The van der Waals surface area contributed by atoms with E-state index in [1.54, 1.807) is 0 Å². The Morgan fingerprint density at radius 1 is 0.848 bits per heavy atom. The lowest BCUT2D eigenvalue weighted by Crippen LogP contribution is -2.26. The van der Waals surface area contributed by atoms with Crippen LogP contribution in [0, 0.1) is 5.92 Å². The maximum atomic E-state index is 10.9. The highest BCUT2D eigenvalue weighted by Crippen LogP contribution is 2.22. The molecule has 3 aromatic rings. The first-order chi connectivity index (χ1) is 15.5. The molecular formula is C28H40N2O3. The Hall–Kier alpha value is -2.95. The molecule has 0 aliphatic rings. The number of ether oxygens (including phenoxy) is 2. The molecular weight excluding hydrogens is 412 g/mol. The van der Waals surface area contributed by atoms with Crippen LogP contribution in [0.4, 0.5) is 0 Å². The van der Waals surface area contributed by atoms with Crippen molar-refractivity contribution in [2.45, 2.75) is 80.4 Å². The normalized spacial score (nSPS) is 10.8. The minimum atomic E-state index is -0.346. The number of fused-ring (bicyclic) bond motifs is 1.